The molecule has 0 unspecified atom stereocenters. The number of rotatable bonds is 4. The molecule has 0 aliphatic carbocycles. The molecule has 0 fully saturated rings. The summed E-state index contributed by atoms with van der Waals surface area (Å²) in [6.07, 6.45) is 3.61. The zero-order valence-corrected chi connectivity index (χ0v) is 7.89. The summed E-state index contributed by atoms with van der Waals surface area (Å²) in [7, 11) is 0. The van der Waals surface area contributed by atoms with Gasteiger partial charge in [0.15, 0.2) is 0 Å². The third-order valence-corrected chi connectivity index (χ3v) is 1.36. The minimum absolute atomic E-state index is 0.101. The maximum Gasteiger partial charge on any atom is 0.304 e. The highest BCUT2D eigenvalue weighted by molar-refractivity contribution is 5.67. The Morgan fingerprint density at radius 3 is 2.38 bits per heavy atom. The summed E-state index contributed by atoms with van der Waals surface area (Å²) in [6.45, 7) is 2.11. The average molecular weight is 178 g/mol. The molecule has 0 amide bonds. The first-order valence-corrected chi connectivity index (χ1v) is 4.45. The molecule has 0 heterocycles. The first-order chi connectivity index (χ1) is 6.27. The van der Waals surface area contributed by atoms with E-state index in [0.717, 1.165) is 19.3 Å². The van der Waals surface area contributed by atoms with Crippen molar-refractivity contribution in [3.05, 3.63) is 0 Å². The van der Waals surface area contributed by atoms with E-state index in [2.05, 4.69) is 30.6 Å². The van der Waals surface area contributed by atoms with Crippen LogP contribution in [0.4, 0.5) is 0 Å². The molecule has 2 heteroatoms. The third-order valence-electron chi connectivity index (χ3n) is 1.36. The summed E-state index contributed by atoms with van der Waals surface area (Å²) in [4.78, 5) is 10.1. The van der Waals surface area contributed by atoms with Gasteiger partial charge >= 0.3 is 5.97 Å². The van der Waals surface area contributed by atoms with Crippen molar-refractivity contribution in [3.8, 4) is 23.7 Å². The van der Waals surface area contributed by atoms with E-state index in [0.29, 0.717) is 6.42 Å². The molecule has 0 aromatic heterocycles. The highest BCUT2D eigenvalue weighted by atomic mass is 16.4. The number of carbonyl (C=O) groups is 1. The van der Waals surface area contributed by atoms with Crippen LogP contribution in [-0.4, -0.2) is 11.1 Å². The van der Waals surface area contributed by atoms with Crippen molar-refractivity contribution < 1.29 is 9.90 Å². The van der Waals surface area contributed by atoms with E-state index in [1.54, 1.807) is 0 Å². The number of aliphatic carboxylic acids is 1. The molecule has 0 aliphatic heterocycles. The molecule has 0 bridgehead atoms. The monoisotopic (exact) mass is 178 g/mol. The summed E-state index contributed by atoms with van der Waals surface area (Å²) in [5.74, 6) is 10.1. The molecule has 0 atom stereocenters. The zero-order valence-electron chi connectivity index (χ0n) is 7.89. The minimum atomic E-state index is -0.812. The summed E-state index contributed by atoms with van der Waals surface area (Å²) >= 11 is 0. The Labute approximate surface area is 79.3 Å². The standard InChI is InChI=1S/C11H14O2/c1-2-3-4-5-6-7-8-9-10-11(12)13/h2-4,9-10H2,1H3,(H,12,13). The Morgan fingerprint density at radius 1 is 1.23 bits per heavy atom. The van der Waals surface area contributed by atoms with Crippen molar-refractivity contribution in [3.63, 3.8) is 0 Å². The zero-order chi connectivity index (χ0) is 9.94. The van der Waals surface area contributed by atoms with Gasteiger partial charge in [0.2, 0.25) is 0 Å². The van der Waals surface area contributed by atoms with Gasteiger partial charge in [0.25, 0.3) is 0 Å². The quantitative estimate of drug-likeness (QED) is 0.528. The summed E-state index contributed by atoms with van der Waals surface area (Å²) < 4.78 is 0. The van der Waals surface area contributed by atoms with Gasteiger partial charge in [-0.15, -0.1) is 0 Å². The summed E-state index contributed by atoms with van der Waals surface area (Å²) in [6, 6.07) is 0. The predicted molar refractivity (Wildman–Crippen MR) is 51.9 cm³/mol. The van der Waals surface area contributed by atoms with Crippen molar-refractivity contribution in [2.45, 2.75) is 39.0 Å². The van der Waals surface area contributed by atoms with Crippen LogP contribution >= 0.6 is 0 Å². The van der Waals surface area contributed by atoms with E-state index in [9.17, 15) is 4.79 Å². The van der Waals surface area contributed by atoms with Crippen LogP contribution < -0.4 is 0 Å². The molecular weight excluding hydrogens is 164 g/mol. The van der Waals surface area contributed by atoms with Gasteiger partial charge in [0.1, 0.15) is 0 Å². The lowest BCUT2D eigenvalue weighted by Gasteiger charge is -1.82. The molecule has 0 aromatic carbocycles. The molecule has 0 aromatic rings. The molecule has 0 saturated heterocycles. The lowest BCUT2D eigenvalue weighted by molar-refractivity contribution is -0.136. The molecule has 1 N–H and O–H groups in total. The Morgan fingerprint density at radius 2 is 1.85 bits per heavy atom. The van der Waals surface area contributed by atoms with Crippen LogP contribution in [0, 0.1) is 23.7 Å². The molecule has 0 radical (unpaired) electrons. The van der Waals surface area contributed by atoms with Crippen LogP contribution in [0.25, 0.3) is 0 Å². The number of carboxylic acids is 1. The van der Waals surface area contributed by atoms with E-state index in [4.69, 9.17) is 5.11 Å². The number of hydrogen-bond acceptors (Lipinski definition) is 1. The summed E-state index contributed by atoms with van der Waals surface area (Å²) in [5, 5.41) is 8.28. The maximum absolute atomic E-state index is 10.1. The Kier molecular flexibility index (Phi) is 7.74. The van der Waals surface area contributed by atoms with Crippen LogP contribution in [0.15, 0.2) is 0 Å². The van der Waals surface area contributed by atoms with Gasteiger partial charge in [-0.1, -0.05) is 25.2 Å². The minimum Gasteiger partial charge on any atom is -0.481 e. The van der Waals surface area contributed by atoms with E-state index in [1.807, 2.05) is 0 Å². The Bertz CT molecular complexity index is 257. The van der Waals surface area contributed by atoms with Gasteiger partial charge in [0.05, 0.1) is 6.42 Å². The van der Waals surface area contributed by atoms with Crippen molar-refractivity contribution >= 4 is 5.97 Å². The average Bonchev–Trinajstić information content (AvgIpc) is 2.09. The molecule has 0 spiro atoms. The van der Waals surface area contributed by atoms with Gasteiger partial charge in [-0.05, 0) is 18.3 Å². The molecule has 0 rings (SSSR count). The normalized spacial score (nSPS) is 7.77. The van der Waals surface area contributed by atoms with E-state index < -0.39 is 5.97 Å². The largest absolute Gasteiger partial charge is 0.481 e. The molecule has 0 saturated carbocycles. The molecule has 2 nitrogen and oxygen atoms in total. The van der Waals surface area contributed by atoms with Crippen LogP contribution in [0.5, 0.6) is 0 Å². The fourth-order valence-electron chi connectivity index (χ4n) is 0.648. The highest BCUT2D eigenvalue weighted by Crippen LogP contribution is 1.90. The molecule has 0 aliphatic rings. The lowest BCUT2D eigenvalue weighted by atomic mass is 10.2. The fourth-order valence-corrected chi connectivity index (χ4v) is 0.648. The number of unbranched alkanes of at least 4 members (excludes halogenated alkanes) is 2. The second kappa shape index (κ2) is 8.68. The topological polar surface area (TPSA) is 37.3 Å². The van der Waals surface area contributed by atoms with Gasteiger partial charge in [0, 0.05) is 12.8 Å². The molecule has 13 heavy (non-hydrogen) atoms. The van der Waals surface area contributed by atoms with E-state index in [1.165, 1.54) is 0 Å². The smallest absolute Gasteiger partial charge is 0.304 e. The van der Waals surface area contributed by atoms with Crippen molar-refractivity contribution in [2.75, 3.05) is 0 Å². The number of carboxylic acid groups (broad SMARTS) is 1. The van der Waals surface area contributed by atoms with E-state index in [-0.39, 0.29) is 6.42 Å². The van der Waals surface area contributed by atoms with Crippen LogP contribution in [0.3, 0.4) is 0 Å². The Hall–Kier alpha value is -1.41. The van der Waals surface area contributed by atoms with Crippen LogP contribution in [-0.2, 0) is 4.79 Å². The van der Waals surface area contributed by atoms with Crippen molar-refractivity contribution in [1.82, 2.24) is 0 Å². The maximum atomic E-state index is 10.1. The lowest BCUT2D eigenvalue weighted by Crippen LogP contribution is -1.91. The first-order valence-electron chi connectivity index (χ1n) is 4.45. The van der Waals surface area contributed by atoms with Crippen molar-refractivity contribution in [2.24, 2.45) is 0 Å². The SMILES string of the molecule is CCCCC#CC#CCCC(=O)O. The number of hydrogen-bond donors (Lipinski definition) is 1. The summed E-state index contributed by atoms with van der Waals surface area (Å²) in [5.41, 5.74) is 0. The second-order valence-electron chi connectivity index (χ2n) is 2.60. The molecular formula is C11H14O2. The highest BCUT2D eigenvalue weighted by Gasteiger charge is 1.90. The van der Waals surface area contributed by atoms with Gasteiger partial charge in [-0.3, -0.25) is 4.79 Å². The van der Waals surface area contributed by atoms with Gasteiger partial charge < -0.3 is 5.11 Å². The third kappa shape index (κ3) is 10.6. The van der Waals surface area contributed by atoms with E-state index >= 15 is 0 Å². The van der Waals surface area contributed by atoms with Crippen molar-refractivity contribution in [1.29, 1.82) is 0 Å². The molecule has 70 valence electrons. The van der Waals surface area contributed by atoms with Crippen LogP contribution in [0.1, 0.15) is 39.0 Å². The first kappa shape index (κ1) is 11.6. The van der Waals surface area contributed by atoms with Crippen LogP contribution in [0.2, 0.25) is 0 Å². The Balaban J connectivity index is 3.46. The predicted octanol–water partition coefficient (Wildman–Crippen LogP) is 2.05. The van der Waals surface area contributed by atoms with Gasteiger partial charge in [-0.2, -0.15) is 0 Å². The fraction of sp³-hybridized carbons (Fsp3) is 0.545. The van der Waals surface area contributed by atoms with Gasteiger partial charge in [-0.25, -0.2) is 0 Å². The second-order valence-corrected chi connectivity index (χ2v) is 2.60.